The van der Waals surface area contributed by atoms with E-state index in [0.717, 1.165) is 10.9 Å². The predicted octanol–water partition coefficient (Wildman–Crippen LogP) is 0.423. The standard InChI is InChI=1S/C13H13N3O3S/c14-11(17)9-2-4-16(13(9)19)5-7-6-20-10-8(7)1-3-15-12(10)18/h1,3,6,9H,2,4-5H2,(H2,14,17)(H,15,18)/t9-/m0/s1. The molecule has 0 unspecified atom stereocenters. The van der Waals surface area contributed by atoms with Crippen LogP contribution in [0.5, 0.6) is 0 Å². The van der Waals surface area contributed by atoms with Crippen molar-refractivity contribution in [1.82, 2.24) is 9.88 Å². The number of amides is 2. The third-order valence-corrected chi connectivity index (χ3v) is 4.63. The fourth-order valence-electron chi connectivity index (χ4n) is 2.52. The summed E-state index contributed by atoms with van der Waals surface area (Å²) in [5.74, 6) is -1.49. The largest absolute Gasteiger partial charge is 0.369 e. The summed E-state index contributed by atoms with van der Waals surface area (Å²) in [4.78, 5) is 39.1. The molecule has 3 heterocycles. The van der Waals surface area contributed by atoms with Crippen molar-refractivity contribution in [2.75, 3.05) is 6.54 Å². The van der Waals surface area contributed by atoms with Crippen molar-refractivity contribution in [1.29, 1.82) is 0 Å². The minimum atomic E-state index is -0.705. The number of aromatic nitrogens is 1. The molecular formula is C13H13N3O3S. The van der Waals surface area contributed by atoms with Gasteiger partial charge in [0.1, 0.15) is 5.92 Å². The molecule has 2 aromatic heterocycles. The Morgan fingerprint density at radius 2 is 2.30 bits per heavy atom. The SMILES string of the molecule is NC(=O)[C@@H]1CCN(Cc2csc3c(=O)[nH]ccc23)C1=O. The molecule has 2 aromatic rings. The van der Waals surface area contributed by atoms with Crippen molar-refractivity contribution >= 4 is 33.2 Å². The predicted molar refractivity (Wildman–Crippen MR) is 75.2 cm³/mol. The van der Waals surface area contributed by atoms with E-state index < -0.39 is 11.8 Å². The molecule has 0 saturated carbocycles. The van der Waals surface area contributed by atoms with Crippen LogP contribution in [0.1, 0.15) is 12.0 Å². The van der Waals surface area contributed by atoms with Gasteiger partial charge in [0, 0.05) is 24.7 Å². The number of carbonyl (C=O) groups is 2. The van der Waals surface area contributed by atoms with Gasteiger partial charge in [0.25, 0.3) is 5.56 Å². The van der Waals surface area contributed by atoms with Crippen molar-refractivity contribution in [3.63, 3.8) is 0 Å². The van der Waals surface area contributed by atoms with Gasteiger partial charge < -0.3 is 15.6 Å². The van der Waals surface area contributed by atoms with E-state index in [1.54, 1.807) is 11.1 Å². The molecule has 2 amide bonds. The van der Waals surface area contributed by atoms with Crippen molar-refractivity contribution in [2.45, 2.75) is 13.0 Å². The Morgan fingerprint density at radius 1 is 1.50 bits per heavy atom. The van der Waals surface area contributed by atoms with Crippen molar-refractivity contribution in [3.05, 3.63) is 33.6 Å². The van der Waals surface area contributed by atoms with Crippen LogP contribution in [0.3, 0.4) is 0 Å². The fraction of sp³-hybridized carbons (Fsp3) is 0.308. The van der Waals surface area contributed by atoms with Crippen LogP contribution in [0.25, 0.3) is 10.1 Å². The number of hydrogen-bond donors (Lipinski definition) is 2. The minimum absolute atomic E-state index is 0.124. The Bertz CT molecular complexity index is 749. The number of rotatable bonds is 3. The van der Waals surface area contributed by atoms with Gasteiger partial charge in [-0.05, 0) is 23.4 Å². The molecule has 3 rings (SSSR count). The number of pyridine rings is 1. The highest BCUT2D eigenvalue weighted by atomic mass is 32.1. The molecule has 0 aliphatic carbocycles. The number of nitrogens with zero attached hydrogens (tertiary/aromatic N) is 1. The fourth-order valence-corrected chi connectivity index (χ4v) is 3.47. The summed E-state index contributed by atoms with van der Waals surface area (Å²) < 4.78 is 0.653. The molecule has 6 nitrogen and oxygen atoms in total. The Morgan fingerprint density at radius 3 is 3.00 bits per heavy atom. The zero-order valence-electron chi connectivity index (χ0n) is 10.6. The average molecular weight is 291 g/mol. The summed E-state index contributed by atoms with van der Waals surface area (Å²) in [7, 11) is 0. The van der Waals surface area contributed by atoms with Crippen LogP contribution >= 0.6 is 11.3 Å². The van der Waals surface area contributed by atoms with Gasteiger partial charge in [-0.25, -0.2) is 0 Å². The average Bonchev–Trinajstić information content (AvgIpc) is 2.97. The maximum atomic E-state index is 12.0. The molecule has 0 bridgehead atoms. The highest BCUT2D eigenvalue weighted by Gasteiger charge is 2.35. The van der Waals surface area contributed by atoms with Crippen molar-refractivity contribution in [3.8, 4) is 0 Å². The number of aromatic amines is 1. The second-order valence-electron chi connectivity index (χ2n) is 4.81. The summed E-state index contributed by atoms with van der Waals surface area (Å²) >= 11 is 1.36. The molecule has 1 saturated heterocycles. The van der Waals surface area contributed by atoms with Gasteiger partial charge in [0.05, 0.1) is 4.70 Å². The van der Waals surface area contributed by atoms with Crippen LogP contribution in [0, 0.1) is 5.92 Å². The molecule has 3 N–H and O–H groups in total. The van der Waals surface area contributed by atoms with E-state index in [4.69, 9.17) is 5.73 Å². The molecule has 1 aliphatic heterocycles. The molecular weight excluding hydrogens is 278 g/mol. The van der Waals surface area contributed by atoms with Gasteiger partial charge >= 0.3 is 0 Å². The highest BCUT2D eigenvalue weighted by Crippen LogP contribution is 2.26. The van der Waals surface area contributed by atoms with E-state index in [9.17, 15) is 14.4 Å². The van der Waals surface area contributed by atoms with Crippen LogP contribution in [0.15, 0.2) is 22.4 Å². The van der Waals surface area contributed by atoms with E-state index in [2.05, 4.69) is 4.98 Å². The summed E-state index contributed by atoms with van der Waals surface area (Å²) in [5, 5.41) is 2.74. The first-order valence-corrected chi connectivity index (χ1v) is 7.12. The molecule has 0 spiro atoms. The smallest absolute Gasteiger partial charge is 0.265 e. The summed E-state index contributed by atoms with van der Waals surface area (Å²) in [6.45, 7) is 0.930. The van der Waals surface area contributed by atoms with Crippen molar-refractivity contribution < 1.29 is 9.59 Å². The van der Waals surface area contributed by atoms with E-state index in [1.165, 1.54) is 11.3 Å². The first-order chi connectivity index (χ1) is 9.58. The van der Waals surface area contributed by atoms with Gasteiger partial charge in [-0.15, -0.1) is 11.3 Å². The Balaban J connectivity index is 1.88. The van der Waals surface area contributed by atoms with Crippen LogP contribution in [0.4, 0.5) is 0 Å². The van der Waals surface area contributed by atoms with E-state index in [1.807, 2.05) is 11.4 Å². The van der Waals surface area contributed by atoms with Gasteiger partial charge in [0.15, 0.2) is 0 Å². The molecule has 1 atom stereocenters. The third kappa shape index (κ3) is 2.00. The quantitative estimate of drug-likeness (QED) is 0.802. The van der Waals surface area contributed by atoms with Crippen LogP contribution in [0.2, 0.25) is 0 Å². The number of nitrogens with two attached hydrogens (primary N) is 1. The summed E-state index contributed by atoms with van der Waals surface area (Å²) in [6, 6.07) is 1.83. The second-order valence-corrected chi connectivity index (χ2v) is 5.69. The molecule has 104 valence electrons. The molecule has 1 aliphatic rings. The first-order valence-electron chi connectivity index (χ1n) is 6.24. The number of likely N-dealkylation sites (tertiary alicyclic amines) is 1. The Kier molecular flexibility index (Phi) is 3.06. The number of H-pyrrole nitrogens is 1. The van der Waals surface area contributed by atoms with Crippen LogP contribution in [-0.4, -0.2) is 28.2 Å². The van der Waals surface area contributed by atoms with Crippen molar-refractivity contribution in [2.24, 2.45) is 11.7 Å². The van der Waals surface area contributed by atoms with Gasteiger partial charge in [-0.3, -0.25) is 14.4 Å². The van der Waals surface area contributed by atoms with Crippen LogP contribution in [-0.2, 0) is 16.1 Å². The molecule has 0 aromatic carbocycles. The lowest BCUT2D eigenvalue weighted by Crippen LogP contribution is -2.33. The first kappa shape index (κ1) is 12.9. The van der Waals surface area contributed by atoms with E-state index in [-0.39, 0.29) is 11.5 Å². The number of fused-ring (bicyclic) bond motifs is 1. The normalized spacial score (nSPS) is 18.9. The molecule has 20 heavy (non-hydrogen) atoms. The number of nitrogens with one attached hydrogen (secondary N) is 1. The maximum absolute atomic E-state index is 12.0. The zero-order valence-corrected chi connectivity index (χ0v) is 11.4. The molecule has 0 radical (unpaired) electrons. The maximum Gasteiger partial charge on any atom is 0.265 e. The lowest BCUT2D eigenvalue weighted by Gasteiger charge is -2.15. The van der Waals surface area contributed by atoms with Gasteiger partial charge in [0.2, 0.25) is 11.8 Å². The van der Waals surface area contributed by atoms with E-state index in [0.29, 0.717) is 24.2 Å². The van der Waals surface area contributed by atoms with Crippen LogP contribution < -0.4 is 11.3 Å². The highest BCUT2D eigenvalue weighted by molar-refractivity contribution is 7.17. The monoisotopic (exact) mass is 291 g/mol. The van der Waals surface area contributed by atoms with Gasteiger partial charge in [-0.2, -0.15) is 0 Å². The number of thiophene rings is 1. The lowest BCUT2D eigenvalue weighted by molar-refractivity contribution is -0.136. The Labute approximate surface area is 118 Å². The Hall–Kier alpha value is -2.15. The molecule has 1 fully saturated rings. The topological polar surface area (TPSA) is 96.3 Å². The summed E-state index contributed by atoms with van der Waals surface area (Å²) in [6.07, 6.45) is 2.07. The lowest BCUT2D eigenvalue weighted by atomic mass is 10.1. The summed E-state index contributed by atoms with van der Waals surface area (Å²) in [5.41, 5.74) is 6.01. The number of primary amides is 1. The molecule has 7 heteroatoms. The second kappa shape index (κ2) is 4.75. The number of hydrogen-bond acceptors (Lipinski definition) is 4. The third-order valence-electron chi connectivity index (χ3n) is 3.58. The number of carbonyl (C=O) groups excluding carboxylic acids is 2. The zero-order chi connectivity index (χ0) is 14.3. The minimum Gasteiger partial charge on any atom is -0.369 e. The van der Waals surface area contributed by atoms with E-state index >= 15 is 0 Å². The van der Waals surface area contributed by atoms with Gasteiger partial charge in [-0.1, -0.05) is 0 Å².